The number of phenols is 1. The summed E-state index contributed by atoms with van der Waals surface area (Å²) < 4.78 is 0. The van der Waals surface area contributed by atoms with Gasteiger partial charge in [-0.1, -0.05) is 12.1 Å². The first-order chi connectivity index (χ1) is 6.16. The molecule has 0 bridgehead atoms. The zero-order chi connectivity index (χ0) is 9.42. The fourth-order valence-corrected chi connectivity index (χ4v) is 1.57. The van der Waals surface area contributed by atoms with Crippen LogP contribution in [0.1, 0.15) is 0 Å². The van der Waals surface area contributed by atoms with E-state index in [4.69, 9.17) is 18.4 Å². The van der Waals surface area contributed by atoms with E-state index in [0.29, 0.717) is 10.6 Å². The van der Waals surface area contributed by atoms with Gasteiger partial charge < -0.3 is 23.5 Å². The number of anilines is 1. The van der Waals surface area contributed by atoms with Gasteiger partial charge in [-0.25, -0.2) is 0 Å². The first kappa shape index (κ1) is 11.2. The van der Waals surface area contributed by atoms with Gasteiger partial charge in [-0.2, -0.15) is 4.90 Å². The number of hydrogen-bond acceptors (Lipinski definition) is 3. The van der Waals surface area contributed by atoms with Crippen molar-refractivity contribution in [2.45, 2.75) is 4.90 Å². The molecule has 0 aliphatic carbocycles. The van der Waals surface area contributed by atoms with Crippen molar-refractivity contribution in [2.75, 3.05) is 5.73 Å². The van der Waals surface area contributed by atoms with Crippen molar-refractivity contribution in [3.63, 3.8) is 0 Å². The molecule has 2 aromatic carbocycles. The first-order valence-corrected chi connectivity index (χ1v) is 4.27. The number of nitrogens with two attached hydrogens (primary N) is 1. The van der Waals surface area contributed by atoms with Crippen LogP contribution in [0, 0.1) is 0 Å². The summed E-state index contributed by atoms with van der Waals surface area (Å²) in [6, 6.07) is 8.76. The Balaban J connectivity index is 0.000000980. The van der Waals surface area contributed by atoms with Crippen LogP contribution in [-0.4, -0.2) is 5.11 Å². The minimum atomic E-state index is 0. The average Bonchev–Trinajstić information content (AvgIpc) is 2.06. The zero-order valence-corrected chi connectivity index (χ0v) is 10.5. The number of nitrogen functional groups attached to an aromatic ring is 1. The fraction of sp³-hybridized carbons (Fsp3) is 0. The van der Waals surface area contributed by atoms with Crippen molar-refractivity contribution >= 4 is 29.1 Å². The molecule has 73 valence electrons. The molecule has 0 aromatic heterocycles. The number of rotatable bonds is 0. The summed E-state index contributed by atoms with van der Waals surface area (Å²) in [7, 11) is 0. The second-order valence-electron chi connectivity index (χ2n) is 2.92. The third-order valence-electron chi connectivity index (χ3n) is 1.93. The van der Waals surface area contributed by atoms with E-state index in [0.717, 1.165) is 10.8 Å². The molecular weight excluding hydrogens is 372 g/mol. The number of fused-ring (bicyclic) bond motifs is 1. The molecule has 0 heterocycles. The molecule has 3 N–H and O–H groups in total. The molecule has 1 radical (unpaired) electrons. The number of benzene rings is 2. The van der Waals surface area contributed by atoms with E-state index in [1.807, 2.05) is 12.1 Å². The van der Waals surface area contributed by atoms with Gasteiger partial charge in [0.15, 0.2) is 0 Å². The van der Waals surface area contributed by atoms with E-state index in [2.05, 4.69) is 0 Å². The van der Waals surface area contributed by atoms with Gasteiger partial charge in [0, 0.05) is 11.1 Å². The van der Waals surface area contributed by atoms with Gasteiger partial charge in [0.05, 0.1) is 0 Å². The molecule has 4 heteroatoms. The largest absolute Gasteiger partial charge is 1.00 e. The maximum atomic E-state index is 9.55. The quantitative estimate of drug-likeness (QED) is 0.543. The van der Waals surface area contributed by atoms with E-state index in [1.165, 1.54) is 0 Å². The van der Waals surface area contributed by atoms with Crippen molar-refractivity contribution in [2.24, 2.45) is 0 Å². The molecule has 0 unspecified atom stereocenters. The molecule has 2 rings (SSSR count). The molecule has 14 heavy (non-hydrogen) atoms. The van der Waals surface area contributed by atoms with Gasteiger partial charge in [-0.3, -0.25) is 0 Å². The Morgan fingerprint density at radius 1 is 1.14 bits per heavy atom. The van der Waals surface area contributed by atoms with Crippen LogP contribution in [0.15, 0.2) is 35.2 Å². The van der Waals surface area contributed by atoms with Gasteiger partial charge in [0.1, 0.15) is 5.75 Å². The van der Waals surface area contributed by atoms with E-state index >= 15 is 0 Å². The standard InChI is InChI=1S/C10H9NOS.Os/c11-7-2-1-6-3-8(13)5-10(12)9(6)4-7;/h1-5,12-13H,11H2;/q;+1/p-1. The van der Waals surface area contributed by atoms with Gasteiger partial charge in [0.25, 0.3) is 0 Å². The third kappa shape index (κ3) is 1.97. The van der Waals surface area contributed by atoms with E-state index in [-0.39, 0.29) is 25.5 Å². The second-order valence-corrected chi connectivity index (χ2v) is 3.39. The Hall–Kier alpha value is -0.844. The summed E-state index contributed by atoms with van der Waals surface area (Å²) in [5.74, 6) is 0.190. The smallest absolute Gasteiger partial charge is 0.780 e. The normalized spacial score (nSPS) is 9.71. The molecule has 0 spiro atoms. The Labute approximate surface area is 101 Å². The second kappa shape index (κ2) is 4.12. The number of phenolic OH excluding ortho intramolecular Hbond substituents is 1. The molecule has 2 aromatic rings. The Morgan fingerprint density at radius 3 is 2.57 bits per heavy atom. The summed E-state index contributed by atoms with van der Waals surface area (Å²) in [5, 5.41) is 11.2. The predicted molar refractivity (Wildman–Crippen MR) is 55.7 cm³/mol. The monoisotopic (exact) mass is 382 g/mol. The molecule has 0 fully saturated rings. The van der Waals surface area contributed by atoms with Crippen LogP contribution in [-0.2, 0) is 32.4 Å². The Kier molecular flexibility index (Phi) is 3.31. The van der Waals surface area contributed by atoms with Crippen molar-refractivity contribution in [1.82, 2.24) is 0 Å². The van der Waals surface area contributed by atoms with Crippen LogP contribution < -0.4 is 5.73 Å². The topological polar surface area (TPSA) is 46.2 Å². The molecule has 2 nitrogen and oxygen atoms in total. The van der Waals surface area contributed by atoms with Crippen LogP contribution in [0.4, 0.5) is 5.69 Å². The van der Waals surface area contributed by atoms with Crippen LogP contribution in [0.3, 0.4) is 0 Å². The van der Waals surface area contributed by atoms with Crippen molar-refractivity contribution in [3.8, 4) is 5.75 Å². The summed E-state index contributed by atoms with van der Waals surface area (Å²) in [6.45, 7) is 0. The van der Waals surface area contributed by atoms with Gasteiger partial charge in [-0.05, 0) is 23.6 Å². The minimum Gasteiger partial charge on any atom is -0.780 e. The molecule has 0 saturated heterocycles. The number of aromatic hydroxyl groups is 1. The molecule has 0 aliphatic rings. The van der Waals surface area contributed by atoms with E-state index < -0.39 is 0 Å². The summed E-state index contributed by atoms with van der Waals surface area (Å²) in [5.41, 5.74) is 6.23. The SMILES string of the molecule is Nc1ccc2cc([S-])cc(O)c2c1.[Os+]. The van der Waals surface area contributed by atoms with Crippen molar-refractivity contribution < 1.29 is 24.9 Å². The van der Waals surface area contributed by atoms with E-state index in [9.17, 15) is 5.11 Å². The maximum Gasteiger partial charge on any atom is 1.00 e. The maximum absolute atomic E-state index is 9.55. The van der Waals surface area contributed by atoms with E-state index in [1.54, 1.807) is 18.2 Å². The summed E-state index contributed by atoms with van der Waals surface area (Å²) in [6.07, 6.45) is 0. The average molecular weight is 380 g/mol. The van der Waals surface area contributed by atoms with Gasteiger partial charge in [-0.15, -0.1) is 0 Å². The van der Waals surface area contributed by atoms with Crippen LogP contribution >= 0.6 is 0 Å². The summed E-state index contributed by atoms with van der Waals surface area (Å²) >= 11 is 4.97. The third-order valence-corrected chi connectivity index (χ3v) is 2.17. The number of hydrogen-bond donors (Lipinski definition) is 2. The van der Waals surface area contributed by atoms with Gasteiger partial charge >= 0.3 is 19.8 Å². The van der Waals surface area contributed by atoms with Crippen LogP contribution in [0.25, 0.3) is 10.8 Å². The Morgan fingerprint density at radius 2 is 1.86 bits per heavy atom. The van der Waals surface area contributed by atoms with Gasteiger partial charge in [0.2, 0.25) is 0 Å². The fourth-order valence-electron chi connectivity index (χ4n) is 1.33. The minimum absolute atomic E-state index is 0. The molecular formula is C10H8NOOsS. The molecule has 0 saturated carbocycles. The van der Waals surface area contributed by atoms with Crippen molar-refractivity contribution in [1.29, 1.82) is 0 Å². The predicted octanol–water partition coefficient (Wildman–Crippen LogP) is 2.03. The Bertz CT molecular complexity index is 473. The zero-order valence-electron chi connectivity index (χ0n) is 7.17. The molecule has 0 aliphatic heterocycles. The van der Waals surface area contributed by atoms with Crippen LogP contribution in [0.5, 0.6) is 5.75 Å². The first-order valence-electron chi connectivity index (χ1n) is 3.86. The van der Waals surface area contributed by atoms with Crippen LogP contribution in [0.2, 0.25) is 0 Å². The molecule has 0 amide bonds. The van der Waals surface area contributed by atoms with Crippen molar-refractivity contribution in [3.05, 3.63) is 30.3 Å². The summed E-state index contributed by atoms with van der Waals surface area (Å²) in [4.78, 5) is 0.634. The molecule has 0 atom stereocenters.